The van der Waals surface area contributed by atoms with E-state index in [0.717, 1.165) is 48.3 Å². The number of rotatable bonds is 8. The molecule has 3 aromatic rings. The van der Waals surface area contributed by atoms with Crippen molar-refractivity contribution in [3.8, 4) is 5.75 Å². The first-order valence-corrected chi connectivity index (χ1v) is 11.8. The lowest BCUT2D eigenvalue weighted by Crippen LogP contribution is -2.50. The SMILES string of the molecule is COc1ccc(N2CCN([C@H](CNC(=O)C(=O)NCc3cccs3)c3ccco3)CC2)cc1. The zero-order valence-corrected chi connectivity index (χ0v) is 19.3. The zero-order valence-electron chi connectivity index (χ0n) is 18.5. The Bertz CT molecular complexity index is 1010. The first kappa shape index (κ1) is 22.9. The summed E-state index contributed by atoms with van der Waals surface area (Å²) in [7, 11) is 1.66. The molecule has 1 aliphatic rings. The van der Waals surface area contributed by atoms with Crippen molar-refractivity contribution in [3.63, 3.8) is 0 Å². The van der Waals surface area contributed by atoms with Gasteiger partial charge in [0, 0.05) is 43.3 Å². The van der Waals surface area contributed by atoms with Crippen molar-refractivity contribution >= 4 is 28.8 Å². The van der Waals surface area contributed by atoms with Crippen molar-refractivity contribution < 1.29 is 18.7 Å². The zero-order chi connectivity index (χ0) is 23.0. The van der Waals surface area contributed by atoms with Crippen LogP contribution in [-0.4, -0.2) is 56.5 Å². The second-order valence-electron chi connectivity index (χ2n) is 7.72. The number of nitrogens with zero attached hydrogens (tertiary/aromatic N) is 2. The Balaban J connectivity index is 1.32. The third kappa shape index (κ3) is 5.94. The van der Waals surface area contributed by atoms with E-state index in [4.69, 9.17) is 9.15 Å². The van der Waals surface area contributed by atoms with Crippen molar-refractivity contribution in [3.05, 3.63) is 70.8 Å². The van der Waals surface area contributed by atoms with Crippen LogP contribution in [0.5, 0.6) is 5.75 Å². The molecule has 2 amide bonds. The first-order chi connectivity index (χ1) is 16.1. The summed E-state index contributed by atoms with van der Waals surface area (Å²) in [5, 5.41) is 7.37. The molecule has 1 aliphatic heterocycles. The van der Waals surface area contributed by atoms with Gasteiger partial charge in [-0.2, -0.15) is 0 Å². The fourth-order valence-electron chi connectivity index (χ4n) is 3.91. The van der Waals surface area contributed by atoms with Crippen molar-refractivity contribution in [1.29, 1.82) is 0 Å². The Morgan fingerprint density at radius 2 is 1.79 bits per heavy atom. The van der Waals surface area contributed by atoms with Gasteiger partial charge in [-0.3, -0.25) is 14.5 Å². The van der Waals surface area contributed by atoms with Gasteiger partial charge in [-0.15, -0.1) is 11.3 Å². The molecule has 0 unspecified atom stereocenters. The molecule has 2 N–H and O–H groups in total. The number of amides is 2. The molecule has 0 bridgehead atoms. The average molecular weight is 469 g/mol. The van der Waals surface area contributed by atoms with E-state index in [0.29, 0.717) is 13.1 Å². The Morgan fingerprint density at radius 3 is 2.42 bits per heavy atom. The summed E-state index contributed by atoms with van der Waals surface area (Å²) in [5.41, 5.74) is 1.15. The molecule has 8 nitrogen and oxygen atoms in total. The summed E-state index contributed by atoms with van der Waals surface area (Å²) in [6.45, 7) is 3.94. The van der Waals surface area contributed by atoms with Crippen LogP contribution in [-0.2, 0) is 16.1 Å². The van der Waals surface area contributed by atoms with Crippen LogP contribution < -0.4 is 20.3 Å². The Kier molecular flexibility index (Phi) is 7.64. The number of nitrogens with one attached hydrogen (secondary N) is 2. The van der Waals surface area contributed by atoms with Gasteiger partial charge < -0.3 is 24.7 Å². The largest absolute Gasteiger partial charge is 0.497 e. The summed E-state index contributed by atoms with van der Waals surface area (Å²) < 4.78 is 10.9. The second-order valence-corrected chi connectivity index (χ2v) is 8.76. The van der Waals surface area contributed by atoms with Crippen LogP contribution in [0.25, 0.3) is 0 Å². The number of ether oxygens (including phenoxy) is 1. The highest BCUT2D eigenvalue weighted by Crippen LogP contribution is 2.25. The highest BCUT2D eigenvalue weighted by molar-refractivity contribution is 7.09. The highest BCUT2D eigenvalue weighted by Gasteiger charge is 2.28. The van der Waals surface area contributed by atoms with Gasteiger partial charge in [0.25, 0.3) is 0 Å². The number of hydrogen-bond donors (Lipinski definition) is 2. The molecule has 0 spiro atoms. The number of carbonyl (C=O) groups excluding carboxylic acids is 2. The monoisotopic (exact) mass is 468 g/mol. The summed E-state index contributed by atoms with van der Waals surface area (Å²) in [5.74, 6) is 0.337. The van der Waals surface area contributed by atoms with Crippen molar-refractivity contribution in [1.82, 2.24) is 15.5 Å². The van der Waals surface area contributed by atoms with E-state index in [1.54, 1.807) is 13.4 Å². The molecule has 174 valence electrons. The maximum atomic E-state index is 12.4. The summed E-state index contributed by atoms with van der Waals surface area (Å²) >= 11 is 1.54. The molecule has 0 saturated carbocycles. The molecule has 1 atom stereocenters. The van der Waals surface area contributed by atoms with Gasteiger partial charge in [-0.05, 0) is 47.8 Å². The maximum Gasteiger partial charge on any atom is 0.309 e. The number of furan rings is 1. The standard InChI is InChI=1S/C24H28N4O4S/c1-31-19-8-6-18(7-9-19)27-10-12-28(13-11-27)21(22-5-2-14-32-22)17-26-24(30)23(29)25-16-20-4-3-15-33-20/h2-9,14-15,21H,10-13,16-17H2,1H3,(H,25,29)(H,26,30)/t21-/m1/s1. The molecular weight excluding hydrogens is 440 g/mol. The third-order valence-corrected chi connectivity index (χ3v) is 6.61. The fourth-order valence-corrected chi connectivity index (χ4v) is 4.55. The first-order valence-electron chi connectivity index (χ1n) is 10.9. The van der Waals surface area contributed by atoms with Crippen molar-refractivity contribution in [2.75, 3.05) is 44.7 Å². The number of benzene rings is 1. The number of hydrogen-bond acceptors (Lipinski definition) is 7. The number of thiophene rings is 1. The topological polar surface area (TPSA) is 87.0 Å². The van der Waals surface area contributed by atoms with Crippen LogP contribution >= 0.6 is 11.3 Å². The molecule has 0 aliphatic carbocycles. The Hall–Kier alpha value is -3.30. The van der Waals surface area contributed by atoms with E-state index in [-0.39, 0.29) is 6.04 Å². The van der Waals surface area contributed by atoms with Gasteiger partial charge in [0.15, 0.2) is 0 Å². The van der Waals surface area contributed by atoms with Crippen LogP contribution in [0, 0.1) is 0 Å². The Labute approximate surface area is 197 Å². The average Bonchev–Trinajstić information content (AvgIpc) is 3.58. The third-order valence-electron chi connectivity index (χ3n) is 5.73. The molecule has 1 aromatic carbocycles. The maximum absolute atomic E-state index is 12.4. The van der Waals surface area contributed by atoms with Crippen LogP contribution in [0.3, 0.4) is 0 Å². The van der Waals surface area contributed by atoms with Crippen LogP contribution in [0.4, 0.5) is 5.69 Å². The lowest BCUT2D eigenvalue weighted by Gasteiger charge is -2.39. The molecule has 0 radical (unpaired) electrons. The minimum Gasteiger partial charge on any atom is -0.497 e. The quantitative estimate of drug-likeness (QED) is 0.495. The predicted molar refractivity (Wildman–Crippen MR) is 127 cm³/mol. The fraction of sp³-hybridized carbons (Fsp3) is 0.333. The van der Waals surface area contributed by atoms with Gasteiger partial charge in [-0.25, -0.2) is 0 Å². The van der Waals surface area contributed by atoms with E-state index in [2.05, 4.69) is 32.6 Å². The minimum atomic E-state index is -0.639. The van der Waals surface area contributed by atoms with E-state index >= 15 is 0 Å². The van der Waals surface area contributed by atoms with Crippen molar-refractivity contribution in [2.45, 2.75) is 12.6 Å². The van der Waals surface area contributed by atoms with Crippen LogP contribution in [0.15, 0.2) is 64.6 Å². The van der Waals surface area contributed by atoms with E-state index in [1.807, 2.05) is 41.8 Å². The number of piperazine rings is 1. The molecule has 4 rings (SSSR count). The number of methoxy groups -OCH3 is 1. The van der Waals surface area contributed by atoms with Crippen LogP contribution in [0.1, 0.15) is 16.7 Å². The molecule has 1 saturated heterocycles. The second kappa shape index (κ2) is 11.0. The molecule has 33 heavy (non-hydrogen) atoms. The highest BCUT2D eigenvalue weighted by atomic mass is 32.1. The number of carbonyl (C=O) groups is 2. The van der Waals surface area contributed by atoms with Crippen LogP contribution in [0.2, 0.25) is 0 Å². The van der Waals surface area contributed by atoms with Gasteiger partial charge in [0.2, 0.25) is 0 Å². The van der Waals surface area contributed by atoms with E-state index < -0.39 is 11.8 Å². The van der Waals surface area contributed by atoms with Crippen molar-refractivity contribution in [2.24, 2.45) is 0 Å². The van der Waals surface area contributed by atoms with Gasteiger partial charge in [0.1, 0.15) is 11.5 Å². The summed E-state index contributed by atoms with van der Waals surface area (Å²) in [4.78, 5) is 30.2. The molecule has 3 heterocycles. The van der Waals surface area contributed by atoms with Gasteiger partial charge in [-0.1, -0.05) is 6.07 Å². The molecule has 9 heteroatoms. The minimum absolute atomic E-state index is 0.146. The van der Waals surface area contributed by atoms with E-state index in [9.17, 15) is 9.59 Å². The summed E-state index contributed by atoms with van der Waals surface area (Å²) in [6.07, 6.45) is 1.63. The van der Waals surface area contributed by atoms with Gasteiger partial charge in [0.05, 0.1) is 26.0 Å². The Morgan fingerprint density at radius 1 is 1.03 bits per heavy atom. The van der Waals surface area contributed by atoms with E-state index in [1.165, 1.54) is 11.3 Å². The number of anilines is 1. The lowest BCUT2D eigenvalue weighted by molar-refractivity contribution is -0.139. The normalized spacial score (nSPS) is 15.1. The molecule has 2 aromatic heterocycles. The predicted octanol–water partition coefficient (Wildman–Crippen LogP) is 2.65. The smallest absolute Gasteiger partial charge is 0.309 e. The van der Waals surface area contributed by atoms with Gasteiger partial charge >= 0.3 is 11.8 Å². The summed E-state index contributed by atoms with van der Waals surface area (Å²) in [6, 6.07) is 15.5. The molecule has 1 fully saturated rings. The lowest BCUT2D eigenvalue weighted by atomic mass is 10.1. The molecular formula is C24H28N4O4S.